The van der Waals surface area contributed by atoms with Crippen LogP contribution in [0.15, 0.2) is 48.0 Å². The van der Waals surface area contributed by atoms with Gasteiger partial charge in [0, 0.05) is 18.3 Å². The highest BCUT2D eigenvalue weighted by atomic mass is 32.1. The van der Waals surface area contributed by atoms with Gasteiger partial charge in [0.05, 0.1) is 41.0 Å². The predicted octanol–water partition coefficient (Wildman–Crippen LogP) is 2.82. The zero-order valence-electron chi connectivity index (χ0n) is 15.5. The van der Waals surface area contributed by atoms with Crippen molar-refractivity contribution in [3.8, 4) is 0 Å². The minimum Gasteiger partial charge on any atom is -0.345 e. The number of aromatic amines is 1. The van der Waals surface area contributed by atoms with Crippen LogP contribution in [0.3, 0.4) is 0 Å². The highest BCUT2D eigenvalue weighted by Crippen LogP contribution is 2.12. The Morgan fingerprint density at radius 3 is 2.86 bits per heavy atom. The Labute approximate surface area is 170 Å². The van der Waals surface area contributed by atoms with E-state index in [1.165, 1.54) is 23.5 Å². The Balaban J connectivity index is 1.22. The first-order chi connectivity index (χ1) is 14.2. The number of para-hydroxylation sites is 2. The maximum absolute atomic E-state index is 12.9. The molecule has 7 nitrogen and oxygen atoms in total. The van der Waals surface area contributed by atoms with E-state index in [0.29, 0.717) is 17.9 Å². The summed E-state index contributed by atoms with van der Waals surface area (Å²) < 4.78 is 12.9. The lowest BCUT2D eigenvalue weighted by Gasteiger charge is -2.02. The van der Waals surface area contributed by atoms with Gasteiger partial charge in [-0.25, -0.2) is 14.4 Å². The van der Waals surface area contributed by atoms with Crippen molar-refractivity contribution in [1.82, 2.24) is 30.6 Å². The van der Waals surface area contributed by atoms with Crippen molar-refractivity contribution >= 4 is 28.3 Å². The number of thiazole rings is 1. The van der Waals surface area contributed by atoms with Gasteiger partial charge in [0.1, 0.15) is 17.3 Å². The number of carbonyl (C=O) groups is 1. The zero-order chi connectivity index (χ0) is 20.1. The second-order valence-electron chi connectivity index (χ2n) is 6.40. The number of nitrogens with one attached hydrogen (secondary N) is 3. The normalized spacial score (nSPS) is 11.1. The standard InChI is InChI=1S/C20H19FN6OS/c21-13-5-6-14(23-9-13)10-24-20(28)17-12-29-19(27-17)7-8-22-11-18-25-15-3-1-2-4-16(15)26-18/h1-6,9,12,22H,7-8,10-11H2,(H,24,28)(H,25,26). The molecule has 4 aromatic rings. The van der Waals surface area contributed by atoms with Crippen molar-refractivity contribution in [2.75, 3.05) is 6.54 Å². The molecule has 0 fully saturated rings. The Kier molecular flexibility index (Phi) is 5.87. The summed E-state index contributed by atoms with van der Waals surface area (Å²) in [7, 11) is 0. The molecule has 3 N–H and O–H groups in total. The number of benzene rings is 1. The first-order valence-corrected chi connectivity index (χ1v) is 10.0. The van der Waals surface area contributed by atoms with E-state index >= 15 is 0 Å². The third-order valence-corrected chi connectivity index (χ3v) is 5.16. The summed E-state index contributed by atoms with van der Waals surface area (Å²) in [6.45, 7) is 1.59. The molecule has 0 saturated carbocycles. The lowest BCUT2D eigenvalue weighted by Crippen LogP contribution is -2.23. The number of hydrogen-bond acceptors (Lipinski definition) is 6. The molecular formula is C20H19FN6OS. The summed E-state index contributed by atoms with van der Waals surface area (Å²) in [5.74, 6) is 0.215. The van der Waals surface area contributed by atoms with E-state index < -0.39 is 5.82 Å². The van der Waals surface area contributed by atoms with Crippen LogP contribution >= 0.6 is 11.3 Å². The summed E-state index contributed by atoms with van der Waals surface area (Å²) in [5.41, 5.74) is 2.95. The molecule has 0 radical (unpaired) electrons. The van der Waals surface area contributed by atoms with Crippen molar-refractivity contribution in [3.63, 3.8) is 0 Å². The fourth-order valence-corrected chi connectivity index (χ4v) is 3.57. The summed E-state index contributed by atoms with van der Waals surface area (Å²) in [6.07, 6.45) is 1.85. The molecule has 3 aromatic heterocycles. The van der Waals surface area contributed by atoms with Crippen LogP contribution in [0, 0.1) is 5.82 Å². The van der Waals surface area contributed by atoms with Gasteiger partial charge in [-0.3, -0.25) is 9.78 Å². The molecule has 1 aromatic carbocycles. The smallest absolute Gasteiger partial charge is 0.271 e. The van der Waals surface area contributed by atoms with Crippen molar-refractivity contribution in [1.29, 1.82) is 0 Å². The van der Waals surface area contributed by atoms with Crippen molar-refractivity contribution < 1.29 is 9.18 Å². The minimum atomic E-state index is -0.404. The van der Waals surface area contributed by atoms with E-state index in [1.807, 2.05) is 24.3 Å². The average Bonchev–Trinajstić information content (AvgIpc) is 3.37. The van der Waals surface area contributed by atoms with Crippen LogP contribution < -0.4 is 10.6 Å². The van der Waals surface area contributed by atoms with Gasteiger partial charge in [-0.15, -0.1) is 11.3 Å². The number of carbonyl (C=O) groups excluding carboxylic acids is 1. The van der Waals surface area contributed by atoms with E-state index in [0.717, 1.165) is 41.0 Å². The largest absolute Gasteiger partial charge is 0.345 e. The fourth-order valence-electron chi connectivity index (χ4n) is 2.79. The molecule has 0 saturated heterocycles. The molecule has 29 heavy (non-hydrogen) atoms. The maximum atomic E-state index is 12.9. The molecular weight excluding hydrogens is 391 g/mol. The molecule has 0 aliphatic rings. The second-order valence-corrected chi connectivity index (χ2v) is 7.35. The van der Waals surface area contributed by atoms with Crippen LogP contribution in [0.1, 0.15) is 27.0 Å². The summed E-state index contributed by atoms with van der Waals surface area (Å²) in [6, 6.07) is 10.8. The number of fused-ring (bicyclic) bond motifs is 1. The molecule has 0 atom stereocenters. The lowest BCUT2D eigenvalue weighted by atomic mass is 10.3. The van der Waals surface area contributed by atoms with Gasteiger partial charge < -0.3 is 15.6 Å². The zero-order valence-corrected chi connectivity index (χ0v) is 16.3. The number of pyridine rings is 1. The first-order valence-electron chi connectivity index (χ1n) is 9.15. The topological polar surface area (TPSA) is 95.6 Å². The number of aromatic nitrogens is 4. The van der Waals surface area contributed by atoms with Crippen molar-refractivity contribution in [2.24, 2.45) is 0 Å². The minimum absolute atomic E-state index is 0.227. The van der Waals surface area contributed by atoms with Gasteiger partial charge in [0.25, 0.3) is 5.91 Å². The SMILES string of the molecule is O=C(NCc1ccc(F)cn1)c1csc(CCNCc2nc3ccccc3[nH]2)n1. The van der Waals surface area contributed by atoms with Crippen molar-refractivity contribution in [3.05, 3.63) is 76.0 Å². The summed E-state index contributed by atoms with van der Waals surface area (Å²) in [5, 5.41) is 8.70. The second kappa shape index (κ2) is 8.89. The first kappa shape index (κ1) is 19.2. The van der Waals surface area contributed by atoms with E-state index in [-0.39, 0.29) is 12.5 Å². The molecule has 9 heteroatoms. The highest BCUT2D eigenvalue weighted by Gasteiger charge is 2.11. The molecule has 4 rings (SSSR count). The summed E-state index contributed by atoms with van der Waals surface area (Å²) >= 11 is 1.45. The Morgan fingerprint density at radius 1 is 1.14 bits per heavy atom. The van der Waals surface area contributed by atoms with Crippen LogP contribution in [0.4, 0.5) is 4.39 Å². The van der Waals surface area contributed by atoms with Crippen LogP contribution in [0.5, 0.6) is 0 Å². The van der Waals surface area contributed by atoms with Crippen LogP contribution in [0.25, 0.3) is 11.0 Å². The van der Waals surface area contributed by atoms with E-state index in [1.54, 1.807) is 5.38 Å². The monoisotopic (exact) mass is 410 g/mol. The molecule has 0 aliphatic heterocycles. The molecule has 0 spiro atoms. The van der Waals surface area contributed by atoms with Gasteiger partial charge in [-0.1, -0.05) is 12.1 Å². The Morgan fingerprint density at radius 2 is 2.03 bits per heavy atom. The quantitative estimate of drug-likeness (QED) is 0.388. The summed E-state index contributed by atoms with van der Waals surface area (Å²) in [4.78, 5) is 28.3. The number of imidazole rings is 1. The molecule has 0 unspecified atom stereocenters. The predicted molar refractivity (Wildman–Crippen MR) is 109 cm³/mol. The molecule has 148 valence electrons. The van der Waals surface area contributed by atoms with E-state index in [2.05, 4.69) is 30.6 Å². The Hall–Kier alpha value is -3.17. The number of halogens is 1. The number of amides is 1. The van der Waals surface area contributed by atoms with Gasteiger partial charge in [-0.2, -0.15) is 0 Å². The number of H-pyrrole nitrogens is 1. The number of hydrogen-bond donors (Lipinski definition) is 3. The average molecular weight is 410 g/mol. The van der Waals surface area contributed by atoms with Crippen LogP contribution in [-0.2, 0) is 19.5 Å². The van der Waals surface area contributed by atoms with E-state index in [4.69, 9.17) is 0 Å². The van der Waals surface area contributed by atoms with E-state index in [9.17, 15) is 9.18 Å². The lowest BCUT2D eigenvalue weighted by molar-refractivity contribution is 0.0946. The molecule has 0 aliphatic carbocycles. The van der Waals surface area contributed by atoms with Crippen LogP contribution in [-0.4, -0.2) is 32.4 Å². The Bertz CT molecular complexity index is 1070. The van der Waals surface area contributed by atoms with Gasteiger partial charge in [0.2, 0.25) is 0 Å². The molecule has 0 bridgehead atoms. The third kappa shape index (κ3) is 5.01. The molecule has 3 heterocycles. The number of nitrogens with zero attached hydrogens (tertiary/aromatic N) is 3. The van der Waals surface area contributed by atoms with Crippen LogP contribution in [0.2, 0.25) is 0 Å². The van der Waals surface area contributed by atoms with Gasteiger partial charge in [-0.05, 0) is 24.3 Å². The van der Waals surface area contributed by atoms with Gasteiger partial charge in [0.15, 0.2) is 0 Å². The molecule has 1 amide bonds. The third-order valence-electron chi connectivity index (χ3n) is 4.25. The highest BCUT2D eigenvalue weighted by molar-refractivity contribution is 7.09. The number of rotatable bonds is 8. The maximum Gasteiger partial charge on any atom is 0.271 e. The fraction of sp³-hybridized carbons (Fsp3) is 0.200. The van der Waals surface area contributed by atoms with Gasteiger partial charge >= 0.3 is 0 Å². The van der Waals surface area contributed by atoms with Crippen molar-refractivity contribution in [2.45, 2.75) is 19.5 Å².